The van der Waals surface area contributed by atoms with Gasteiger partial charge in [0.1, 0.15) is 0 Å². The predicted molar refractivity (Wildman–Crippen MR) is 129 cm³/mol. The third-order valence-electron chi connectivity index (χ3n) is 5.36. The van der Waals surface area contributed by atoms with Crippen molar-refractivity contribution in [2.45, 2.75) is 33.2 Å². The van der Waals surface area contributed by atoms with E-state index in [9.17, 15) is 4.79 Å². The highest BCUT2D eigenvalue weighted by molar-refractivity contribution is 5.92. The molecule has 0 bridgehead atoms. The normalized spacial score (nSPS) is 17.7. The lowest BCUT2D eigenvalue weighted by Gasteiger charge is -2.22. The van der Waals surface area contributed by atoms with Gasteiger partial charge in [0.05, 0.1) is 18.3 Å². The van der Waals surface area contributed by atoms with Crippen molar-refractivity contribution in [2.24, 2.45) is 10.9 Å². The summed E-state index contributed by atoms with van der Waals surface area (Å²) in [7, 11) is 2.06. The van der Waals surface area contributed by atoms with E-state index < -0.39 is 0 Å². The first-order valence-corrected chi connectivity index (χ1v) is 10.8. The molecule has 2 atom stereocenters. The molecular weight excluding hydrogens is 384 g/mol. The molecule has 5 nitrogen and oxygen atoms in total. The minimum Gasteiger partial charge on any atom is -0.379 e. The number of amides is 1. The van der Waals surface area contributed by atoms with Crippen molar-refractivity contribution >= 4 is 17.8 Å². The van der Waals surface area contributed by atoms with Crippen LogP contribution in [0, 0.1) is 5.92 Å². The van der Waals surface area contributed by atoms with Crippen LogP contribution >= 0.6 is 0 Å². The highest BCUT2D eigenvalue weighted by Gasteiger charge is 2.14. The summed E-state index contributed by atoms with van der Waals surface area (Å²) in [5.41, 5.74) is 4.98. The molecule has 1 aliphatic heterocycles. The van der Waals surface area contributed by atoms with E-state index in [0.29, 0.717) is 6.42 Å². The molecule has 0 fully saturated rings. The molecule has 0 spiro atoms. The number of nitrogens with one attached hydrogen (secondary N) is 2. The number of aliphatic imine (C=N–C) groups is 1. The molecule has 2 aromatic rings. The van der Waals surface area contributed by atoms with E-state index in [1.807, 2.05) is 54.7 Å². The topological polar surface area (TPSA) is 56.7 Å². The third kappa shape index (κ3) is 6.57. The van der Waals surface area contributed by atoms with Crippen LogP contribution in [-0.4, -0.2) is 30.6 Å². The number of dihydropyridines is 1. The summed E-state index contributed by atoms with van der Waals surface area (Å²) >= 11 is 0. The minimum absolute atomic E-state index is 0.0173. The van der Waals surface area contributed by atoms with Gasteiger partial charge in [-0.15, -0.1) is 0 Å². The average molecular weight is 417 g/mol. The lowest BCUT2D eigenvalue weighted by Crippen LogP contribution is -2.22. The number of carbonyl (C=O) groups excluding carboxylic acids is 1. The number of benzene rings is 2. The monoisotopic (exact) mass is 416 g/mol. The Morgan fingerprint density at radius 3 is 2.68 bits per heavy atom. The second kappa shape index (κ2) is 10.6. The predicted octanol–water partition coefficient (Wildman–Crippen LogP) is 4.92. The summed E-state index contributed by atoms with van der Waals surface area (Å²) in [6, 6.07) is 17.8. The van der Waals surface area contributed by atoms with E-state index in [-0.39, 0.29) is 17.9 Å². The maximum absolute atomic E-state index is 12.4. The van der Waals surface area contributed by atoms with Crippen molar-refractivity contribution in [3.05, 3.63) is 89.4 Å². The first-order valence-electron chi connectivity index (χ1n) is 10.8. The zero-order valence-electron chi connectivity index (χ0n) is 18.8. The Balaban J connectivity index is 1.61. The Morgan fingerprint density at radius 2 is 1.97 bits per heavy atom. The molecule has 0 aromatic heterocycles. The fourth-order valence-corrected chi connectivity index (χ4v) is 3.42. The van der Waals surface area contributed by atoms with E-state index in [1.54, 1.807) is 0 Å². The average Bonchev–Trinajstić information content (AvgIpc) is 2.76. The molecule has 5 heteroatoms. The standard InChI is InChI=1S/C26H32N4O/c1-5-30(4)18-25-19(2)14-24(17-27-25)28-20(3)22-12-9-13-23(16-22)29-26(31)15-21-10-7-6-8-11-21/h6-14,16-20,28H,5,15H2,1-4H3,(H,29,31)/b25-18+/t19?,20-/m0/s1. The highest BCUT2D eigenvalue weighted by atomic mass is 16.1. The van der Waals surface area contributed by atoms with Crippen LogP contribution in [0.25, 0.3) is 0 Å². The fourth-order valence-electron chi connectivity index (χ4n) is 3.42. The lowest BCUT2D eigenvalue weighted by atomic mass is 10.0. The van der Waals surface area contributed by atoms with Gasteiger partial charge in [-0.3, -0.25) is 9.79 Å². The molecule has 0 saturated heterocycles. The molecule has 1 unspecified atom stereocenters. The van der Waals surface area contributed by atoms with Gasteiger partial charge in [0, 0.05) is 43.1 Å². The Kier molecular flexibility index (Phi) is 7.65. The molecule has 31 heavy (non-hydrogen) atoms. The SMILES string of the molecule is CCN(C)/C=C1/N=CC(N[C@@H](C)c2cccc(NC(=O)Cc3ccccc3)c2)=CC1C. The molecule has 2 aromatic carbocycles. The number of hydrogen-bond acceptors (Lipinski definition) is 4. The van der Waals surface area contributed by atoms with Crippen LogP contribution in [-0.2, 0) is 11.2 Å². The van der Waals surface area contributed by atoms with Crippen molar-refractivity contribution in [3.8, 4) is 0 Å². The first kappa shape index (κ1) is 22.3. The van der Waals surface area contributed by atoms with E-state index in [0.717, 1.165) is 34.8 Å². The maximum atomic E-state index is 12.4. The van der Waals surface area contributed by atoms with Gasteiger partial charge in [0.15, 0.2) is 0 Å². The van der Waals surface area contributed by atoms with Gasteiger partial charge in [-0.25, -0.2) is 0 Å². The molecule has 2 N–H and O–H groups in total. The summed E-state index contributed by atoms with van der Waals surface area (Å²) in [6.07, 6.45) is 6.55. The molecular formula is C26H32N4O. The summed E-state index contributed by atoms with van der Waals surface area (Å²) in [4.78, 5) is 19.1. The first-order chi connectivity index (χ1) is 14.9. The zero-order chi connectivity index (χ0) is 22.2. The van der Waals surface area contributed by atoms with Crippen LogP contribution in [0.2, 0.25) is 0 Å². The van der Waals surface area contributed by atoms with E-state index in [4.69, 9.17) is 0 Å². The quantitative estimate of drug-likeness (QED) is 0.642. The largest absolute Gasteiger partial charge is 0.379 e. The summed E-state index contributed by atoms with van der Waals surface area (Å²) in [5, 5.41) is 6.54. The Hall–Kier alpha value is -3.34. The number of allylic oxidation sites excluding steroid dienone is 2. The van der Waals surface area contributed by atoms with Crippen LogP contribution in [0.4, 0.5) is 5.69 Å². The van der Waals surface area contributed by atoms with E-state index in [2.05, 4.69) is 66.7 Å². The molecule has 0 radical (unpaired) electrons. The lowest BCUT2D eigenvalue weighted by molar-refractivity contribution is -0.115. The minimum atomic E-state index is -0.0173. The Morgan fingerprint density at radius 1 is 1.19 bits per heavy atom. The van der Waals surface area contributed by atoms with Crippen molar-refractivity contribution in [1.29, 1.82) is 0 Å². The van der Waals surface area contributed by atoms with Crippen LogP contribution in [0.3, 0.4) is 0 Å². The van der Waals surface area contributed by atoms with Gasteiger partial charge in [0.2, 0.25) is 5.91 Å². The van der Waals surface area contributed by atoms with Gasteiger partial charge in [0.25, 0.3) is 0 Å². The smallest absolute Gasteiger partial charge is 0.228 e. The second-order valence-corrected chi connectivity index (χ2v) is 8.00. The van der Waals surface area contributed by atoms with E-state index in [1.165, 1.54) is 0 Å². The third-order valence-corrected chi connectivity index (χ3v) is 5.36. The van der Waals surface area contributed by atoms with Gasteiger partial charge >= 0.3 is 0 Å². The second-order valence-electron chi connectivity index (χ2n) is 8.00. The van der Waals surface area contributed by atoms with Crippen molar-refractivity contribution in [2.75, 3.05) is 18.9 Å². The highest BCUT2D eigenvalue weighted by Crippen LogP contribution is 2.23. The van der Waals surface area contributed by atoms with Gasteiger partial charge in [-0.2, -0.15) is 0 Å². The zero-order valence-corrected chi connectivity index (χ0v) is 18.8. The molecule has 1 heterocycles. The molecule has 0 saturated carbocycles. The molecule has 0 aliphatic carbocycles. The van der Waals surface area contributed by atoms with Gasteiger partial charge in [-0.05, 0) is 37.1 Å². The molecule has 3 rings (SSSR count). The van der Waals surface area contributed by atoms with Gasteiger partial charge in [-0.1, -0.05) is 55.5 Å². The van der Waals surface area contributed by atoms with E-state index >= 15 is 0 Å². The van der Waals surface area contributed by atoms with Crippen molar-refractivity contribution in [1.82, 2.24) is 10.2 Å². The summed E-state index contributed by atoms with van der Waals surface area (Å²) in [6.45, 7) is 7.34. The number of carbonyl (C=O) groups is 1. The van der Waals surface area contributed by atoms with Gasteiger partial charge < -0.3 is 15.5 Å². The Labute approximate surface area is 185 Å². The maximum Gasteiger partial charge on any atom is 0.228 e. The van der Waals surface area contributed by atoms with Crippen molar-refractivity contribution in [3.63, 3.8) is 0 Å². The van der Waals surface area contributed by atoms with Crippen LogP contribution in [0.15, 0.2) is 83.3 Å². The van der Waals surface area contributed by atoms with Crippen molar-refractivity contribution < 1.29 is 4.79 Å². The summed E-state index contributed by atoms with van der Waals surface area (Å²) in [5.74, 6) is 0.230. The Bertz CT molecular complexity index is 978. The molecule has 1 aliphatic rings. The van der Waals surface area contributed by atoms with Crippen LogP contribution in [0.5, 0.6) is 0 Å². The number of hydrogen-bond donors (Lipinski definition) is 2. The van der Waals surface area contributed by atoms with Crippen LogP contribution < -0.4 is 10.6 Å². The fraction of sp³-hybridized carbons (Fsp3) is 0.308. The number of nitrogens with zero attached hydrogens (tertiary/aromatic N) is 2. The number of anilines is 1. The number of rotatable bonds is 8. The molecule has 1 amide bonds. The van der Waals surface area contributed by atoms with Crippen LogP contribution in [0.1, 0.15) is 37.9 Å². The molecule has 162 valence electrons. The summed E-state index contributed by atoms with van der Waals surface area (Å²) < 4.78 is 0.